The van der Waals surface area contributed by atoms with Gasteiger partial charge in [0.1, 0.15) is 18.0 Å². The molecule has 2 aromatic heterocycles. The molecule has 3 aromatic rings. The monoisotopic (exact) mass is 403 g/mol. The molecule has 0 bridgehead atoms. The number of thiophene rings is 1. The van der Waals surface area contributed by atoms with Crippen LogP contribution >= 0.6 is 11.3 Å². The molecule has 146 valence electrons. The molecule has 0 fully saturated rings. The Morgan fingerprint density at radius 2 is 1.93 bits per heavy atom. The van der Waals surface area contributed by atoms with Crippen molar-refractivity contribution in [3.63, 3.8) is 0 Å². The minimum Gasteiger partial charge on any atom is -0.497 e. The SMILES string of the molecule is COc1cc(OC)cc(C(=O)NCC(=O)OCc2nc(-c3cccs3)no2)c1. The molecule has 0 aliphatic carbocycles. The Morgan fingerprint density at radius 3 is 2.57 bits per heavy atom. The lowest BCUT2D eigenvalue weighted by Gasteiger charge is -2.09. The van der Waals surface area contributed by atoms with Crippen molar-refractivity contribution in [2.24, 2.45) is 0 Å². The van der Waals surface area contributed by atoms with Gasteiger partial charge in [-0.05, 0) is 23.6 Å². The molecule has 9 nitrogen and oxygen atoms in total. The van der Waals surface area contributed by atoms with Crippen LogP contribution in [0.3, 0.4) is 0 Å². The zero-order chi connectivity index (χ0) is 19.9. The van der Waals surface area contributed by atoms with E-state index < -0.39 is 11.9 Å². The van der Waals surface area contributed by atoms with Crippen molar-refractivity contribution in [2.45, 2.75) is 6.61 Å². The molecule has 0 saturated heterocycles. The van der Waals surface area contributed by atoms with E-state index in [9.17, 15) is 9.59 Å². The Labute approximate surface area is 164 Å². The molecule has 3 rings (SSSR count). The van der Waals surface area contributed by atoms with Gasteiger partial charge < -0.3 is 24.1 Å². The normalized spacial score (nSPS) is 10.4. The Balaban J connectivity index is 1.50. The number of carbonyl (C=O) groups is 2. The summed E-state index contributed by atoms with van der Waals surface area (Å²) in [6.45, 7) is -0.496. The summed E-state index contributed by atoms with van der Waals surface area (Å²) in [6, 6.07) is 8.44. The van der Waals surface area contributed by atoms with Gasteiger partial charge in [-0.2, -0.15) is 4.98 Å². The molecular weight excluding hydrogens is 386 g/mol. The summed E-state index contributed by atoms with van der Waals surface area (Å²) in [5.74, 6) is 0.419. The highest BCUT2D eigenvalue weighted by Gasteiger charge is 2.14. The number of esters is 1. The van der Waals surface area contributed by atoms with Crippen LogP contribution in [0, 0.1) is 0 Å². The molecule has 0 aliphatic heterocycles. The van der Waals surface area contributed by atoms with Gasteiger partial charge >= 0.3 is 5.97 Å². The number of ether oxygens (including phenoxy) is 3. The van der Waals surface area contributed by atoms with Crippen molar-refractivity contribution in [3.8, 4) is 22.2 Å². The highest BCUT2D eigenvalue weighted by molar-refractivity contribution is 7.13. The Kier molecular flexibility index (Phi) is 6.22. The lowest BCUT2D eigenvalue weighted by atomic mass is 10.2. The van der Waals surface area contributed by atoms with Crippen LogP contribution < -0.4 is 14.8 Å². The third-order valence-electron chi connectivity index (χ3n) is 3.57. The first-order valence-corrected chi connectivity index (χ1v) is 9.00. The fraction of sp³-hybridized carbons (Fsp3) is 0.222. The smallest absolute Gasteiger partial charge is 0.325 e. The average Bonchev–Trinajstić information content (AvgIpc) is 3.41. The predicted octanol–water partition coefficient (Wildman–Crippen LogP) is 2.29. The highest BCUT2D eigenvalue weighted by Crippen LogP contribution is 2.23. The molecule has 0 spiro atoms. The van der Waals surface area contributed by atoms with Gasteiger partial charge in [0.15, 0.2) is 6.61 Å². The number of rotatable bonds is 8. The second kappa shape index (κ2) is 9.00. The third kappa shape index (κ3) is 4.86. The van der Waals surface area contributed by atoms with Crippen LogP contribution in [0.15, 0.2) is 40.2 Å². The van der Waals surface area contributed by atoms with E-state index in [1.54, 1.807) is 6.07 Å². The lowest BCUT2D eigenvalue weighted by molar-refractivity contribution is -0.144. The largest absolute Gasteiger partial charge is 0.497 e. The Morgan fingerprint density at radius 1 is 1.18 bits per heavy atom. The molecule has 10 heteroatoms. The third-order valence-corrected chi connectivity index (χ3v) is 4.44. The van der Waals surface area contributed by atoms with Crippen molar-refractivity contribution in [2.75, 3.05) is 20.8 Å². The first kappa shape index (κ1) is 19.4. The number of aromatic nitrogens is 2. The summed E-state index contributed by atoms with van der Waals surface area (Å²) in [5, 5.41) is 8.19. The van der Waals surface area contributed by atoms with E-state index in [1.165, 1.54) is 37.7 Å². The van der Waals surface area contributed by atoms with E-state index in [0.717, 1.165) is 4.88 Å². The Hall–Kier alpha value is -3.40. The zero-order valence-corrected chi connectivity index (χ0v) is 15.9. The van der Waals surface area contributed by atoms with Gasteiger partial charge in [-0.15, -0.1) is 11.3 Å². The molecule has 0 saturated carbocycles. The summed E-state index contributed by atoms with van der Waals surface area (Å²) < 4.78 is 20.3. The fourth-order valence-corrected chi connectivity index (χ4v) is 2.85. The summed E-state index contributed by atoms with van der Waals surface area (Å²) in [4.78, 5) is 29.1. The van der Waals surface area contributed by atoms with Gasteiger partial charge in [0.2, 0.25) is 5.82 Å². The van der Waals surface area contributed by atoms with Crippen LogP contribution in [-0.4, -0.2) is 42.8 Å². The second-order valence-corrected chi connectivity index (χ2v) is 6.38. The molecule has 2 heterocycles. The first-order chi connectivity index (χ1) is 13.6. The topological polar surface area (TPSA) is 113 Å². The van der Waals surface area contributed by atoms with Gasteiger partial charge in [0.05, 0.1) is 19.1 Å². The number of carbonyl (C=O) groups excluding carboxylic acids is 2. The van der Waals surface area contributed by atoms with Crippen LogP contribution in [0.5, 0.6) is 11.5 Å². The van der Waals surface area contributed by atoms with Crippen molar-refractivity contribution in [3.05, 3.63) is 47.2 Å². The number of nitrogens with zero attached hydrogens (tertiary/aromatic N) is 2. The summed E-state index contributed by atoms with van der Waals surface area (Å²) in [6.07, 6.45) is 0. The van der Waals surface area contributed by atoms with Crippen molar-refractivity contribution < 1.29 is 28.3 Å². The fourth-order valence-electron chi connectivity index (χ4n) is 2.21. The minimum atomic E-state index is -0.640. The second-order valence-electron chi connectivity index (χ2n) is 5.43. The van der Waals surface area contributed by atoms with Crippen LogP contribution in [0.1, 0.15) is 16.2 Å². The maximum atomic E-state index is 12.2. The van der Waals surface area contributed by atoms with Gasteiger partial charge in [0.25, 0.3) is 11.8 Å². The maximum Gasteiger partial charge on any atom is 0.325 e. The minimum absolute atomic E-state index is 0.167. The van der Waals surface area contributed by atoms with Crippen LogP contribution in [-0.2, 0) is 16.1 Å². The van der Waals surface area contributed by atoms with E-state index in [-0.39, 0.29) is 19.0 Å². The molecule has 0 aliphatic rings. The molecule has 28 heavy (non-hydrogen) atoms. The van der Waals surface area contributed by atoms with Crippen LogP contribution in [0.25, 0.3) is 10.7 Å². The lowest BCUT2D eigenvalue weighted by Crippen LogP contribution is -2.30. The van der Waals surface area contributed by atoms with Gasteiger partial charge in [0, 0.05) is 11.6 Å². The molecule has 1 aromatic carbocycles. The van der Waals surface area contributed by atoms with Gasteiger partial charge in [-0.1, -0.05) is 11.2 Å². The van der Waals surface area contributed by atoms with Crippen LogP contribution in [0.4, 0.5) is 0 Å². The van der Waals surface area contributed by atoms with E-state index in [4.69, 9.17) is 18.7 Å². The van der Waals surface area contributed by atoms with Gasteiger partial charge in [-0.3, -0.25) is 9.59 Å². The number of nitrogens with one attached hydrogen (secondary N) is 1. The molecular formula is C18H17N3O6S. The van der Waals surface area contributed by atoms with E-state index in [0.29, 0.717) is 22.9 Å². The molecule has 0 radical (unpaired) electrons. The van der Waals surface area contributed by atoms with E-state index in [2.05, 4.69) is 15.5 Å². The van der Waals surface area contributed by atoms with Crippen molar-refractivity contribution >= 4 is 23.2 Å². The van der Waals surface area contributed by atoms with E-state index >= 15 is 0 Å². The summed E-state index contributed by atoms with van der Waals surface area (Å²) in [5.41, 5.74) is 0.293. The molecule has 1 N–H and O–H groups in total. The number of methoxy groups -OCH3 is 2. The maximum absolute atomic E-state index is 12.2. The summed E-state index contributed by atoms with van der Waals surface area (Å²) >= 11 is 1.47. The standard InChI is InChI=1S/C18H17N3O6S/c1-24-12-6-11(7-13(8-12)25-2)18(23)19-9-16(22)26-10-15-20-17(21-27-15)14-4-3-5-28-14/h3-8H,9-10H2,1-2H3,(H,19,23). The zero-order valence-electron chi connectivity index (χ0n) is 15.1. The van der Waals surface area contributed by atoms with Gasteiger partial charge in [-0.25, -0.2) is 0 Å². The highest BCUT2D eigenvalue weighted by atomic mass is 32.1. The number of hydrogen-bond donors (Lipinski definition) is 1. The van der Waals surface area contributed by atoms with E-state index in [1.807, 2.05) is 17.5 Å². The predicted molar refractivity (Wildman–Crippen MR) is 99.3 cm³/mol. The molecule has 0 atom stereocenters. The molecule has 1 amide bonds. The Bertz CT molecular complexity index is 932. The quantitative estimate of drug-likeness (QED) is 0.570. The molecule has 0 unspecified atom stereocenters. The first-order valence-electron chi connectivity index (χ1n) is 8.12. The number of hydrogen-bond acceptors (Lipinski definition) is 9. The van der Waals surface area contributed by atoms with Crippen molar-refractivity contribution in [1.29, 1.82) is 0 Å². The van der Waals surface area contributed by atoms with Crippen LogP contribution in [0.2, 0.25) is 0 Å². The average molecular weight is 403 g/mol. The number of benzene rings is 1. The number of amides is 1. The summed E-state index contributed by atoms with van der Waals surface area (Å²) in [7, 11) is 2.96. The van der Waals surface area contributed by atoms with Crippen molar-refractivity contribution in [1.82, 2.24) is 15.5 Å².